The molecule has 0 saturated heterocycles. The number of carbonyl (C=O) groups is 1. The lowest BCUT2D eigenvalue weighted by atomic mass is 9.90. The summed E-state index contributed by atoms with van der Waals surface area (Å²) >= 11 is 0. The van der Waals surface area contributed by atoms with Crippen LogP contribution in [0.4, 0.5) is 0 Å². The number of aromatic carboxylic acids is 1. The number of hydrogen-bond donors (Lipinski definition) is 1. The highest BCUT2D eigenvalue weighted by Gasteiger charge is 2.25. The molecule has 4 nitrogen and oxygen atoms in total. The van der Waals surface area contributed by atoms with E-state index in [2.05, 4.69) is 48.1 Å². The third-order valence-electron chi connectivity index (χ3n) is 5.84. The van der Waals surface area contributed by atoms with Gasteiger partial charge in [0.05, 0.1) is 11.3 Å². The van der Waals surface area contributed by atoms with Crippen LogP contribution in [0.1, 0.15) is 32.9 Å². The molecule has 4 aromatic rings. The summed E-state index contributed by atoms with van der Waals surface area (Å²) in [5.74, 6) is 0.406. The van der Waals surface area contributed by atoms with Gasteiger partial charge in [-0.15, -0.1) is 0 Å². The molecule has 0 unspecified atom stereocenters. The number of carboxylic acid groups (broad SMARTS) is 1. The Labute approximate surface area is 180 Å². The zero-order chi connectivity index (χ0) is 21.5. The minimum Gasteiger partial charge on any atom is -0.478 e. The third kappa shape index (κ3) is 3.04. The van der Waals surface area contributed by atoms with Crippen molar-refractivity contribution in [1.29, 1.82) is 0 Å². The van der Waals surface area contributed by atoms with Crippen molar-refractivity contribution in [1.82, 2.24) is 4.57 Å². The van der Waals surface area contributed by atoms with E-state index in [0.29, 0.717) is 11.5 Å². The molecule has 2 aromatic heterocycles. The van der Waals surface area contributed by atoms with E-state index in [1.54, 1.807) is 30.4 Å². The Balaban J connectivity index is 1.81. The number of fused-ring (bicyclic) bond motifs is 3. The zero-order valence-electron chi connectivity index (χ0n) is 17.0. The normalized spacial score (nSPS) is 12.1. The lowest BCUT2D eigenvalue weighted by Gasteiger charge is -2.20. The largest absolute Gasteiger partial charge is 0.478 e. The van der Waals surface area contributed by atoms with Gasteiger partial charge in [-0.3, -0.25) is 0 Å². The predicted octanol–water partition coefficient (Wildman–Crippen LogP) is 6.49. The standard InChI is InChI=1S/C27H21NO3/c1-3-17-15-26(31-25(17)4-2)24-16-22-21-11-6-5-8-18(21)12-13-23(22)28(24)20-10-7-9-19(14-20)27(29)30/h3-11,14-16H,1-2,12-13H2,(H,29,30). The highest BCUT2D eigenvalue weighted by molar-refractivity contribution is 5.88. The maximum absolute atomic E-state index is 11.6. The second kappa shape index (κ2) is 7.33. The van der Waals surface area contributed by atoms with Gasteiger partial charge in [-0.1, -0.05) is 49.6 Å². The van der Waals surface area contributed by atoms with Crippen molar-refractivity contribution in [2.45, 2.75) is 12.8 Å². The van der Waals surface area contributed by atoms with Gasteiger partial charge in [-0.2, -0.15) is 0 Å². The molecule has 0 radical (unpaired) electrons. The predicted molar refractivity (Wildman–Crippen MR) is 123 cm³/mol. The third-order valence-corrected chi connectivity index (χ3v) is 5.84. The molecular weight excluding hydrogens is 386 g/mol. The van der Waals surface area contributed by atoms with Crippen molar-refractivity contribution < 1.29 is 14.3 Å². The molecule has 0 aliphatic heterocycles. The van der Waals surface area contributed by atoms with Crippen molar-refractivity contribution >= 4 is 18.1 Å². The van der Waals surface area contributed by atoms with Crippen molar-refractivity contribution in [3.63, 3.8) is 0 Å². The number of hydrogen-bond acceptors (Lipinski definition) is 2. The molecule has 0 fully saturated rings. The van der Waals surface area contributed by atoms with E-state index in [4.69, 9.17) is 4.42 Å². The van der Waals surface area contributed by atoms with E-state index < -0.39 is 5.97 Å². The smallest absolute Gasteiger partial charge is 0.335 e. The van der Waals surface area contributed by atoms with E-state index in [0.717, 1.165) is 41.0 Å². The van der Waals surface area contributed by atoms with Crippen LogP contribution in [0.2, 0.25) is 0 Å². The van der Waals surface area contributed by atoms with Gasteiger partial charge in [0.1, 0.15) is 5.76 Å². The van der Waals surface area contributed by atoms with Crippen molar-refractivity contribution in [3.8, 4) is 28.3 Å². The van der Waals surface area contributed by atoms with Gasteiger partial charge < -0.3 is 14.1 Å². The van der Waals surface area contributed by atoms with Crippen molar-refractivity contribution in [2.75, 3.05) is 0 Å². The maximum Gasteiger partial charge on any atom is 0.335 e. The lowest BCUT2D eigenvalue weighted by Crippen LogP contribution is -2.09. The highest BCUT2D eigenvalue weighted by Crippen LogP contribution is 2.41. The van der Waals surface area contributed by atoms with Crippen LogP contribution in [0.3, 0.4) is 0 Å². The second-order valence-corrected chi connectivity index (χ2v) is 7.58. The molecule has 31 heavy (non-hydrogen) atoms. The number of rotatable bonds is 5. The lowest BCUT2D eigenvalue weighted by molar-refractivity contribution is 0.0697. The first-order chi connectivity index (χ1) is 15.1. The quantitative estimate of drug-likeness (QED) is 0.411. The molecule has 0 amide bonds. The van der Waals surface area contributed by atoms with Crippen LogP contribution in [0, 0.1) is 0 Å². The van der Waals surface area contributed by atoms with Gasteiger partial charge in [0.2, 0.25) is 0 Å². The molecule has 0 saturated carbocycles. The van der Waals surface area contributed by atoms with E-state index in [1.807, 2.05) is 12.1 Å². The molecule has 5 rings (SSSR count). The Morgan fingerprint density at radius 1 is 0.968 bits per heavy atom. The number of furan rings is 1. The van der Waals surface area contributed by atoms with Gasteiger partial charge in [0.15, 0.2) is 5.76 Å². The van der Waals surface area contributed by atoms with E-state index in [9.17, 15) is 9.90 Å². The monoisotopic (exact) mass is 407 g/mol. The van der Waals surface area contributed by atoms with Crippen LogP contribution < -0.4 is 0 Å². The number of carboxylic acids is 1. The average Bonchev–Trinajstić information content (AvgIpc) is 3.40. The molecule has 152 valence electrons. The molecule has 1 N–H and O–H groups in total. The summed E-state index contributed by atoms with van der Waals surface area (Å²) in [5, 5.41) is 9.52. The fourth-order valence-corrected chi connectivity index (χ4v) is 4.40. The topological polar surface area (TPSA) is 55.4 Å². The van der Waals surface area contributed by atoms with E-state index in [-0.39, 0.29) is 5.56 Å². The minimum atomic E-state index is -0.948. The summed E-state index contributed by atoms with van der Waals surface area (Å²) < 4.78 is 8.24. The zero-order valence-corrected chi connectivity index (χ0v) is 17.0. The fraction of sp³-hybridized carbons (Fsp3) is 0.0741. The van der Waals surface area contributed by atoms with Crippen LogP contribution in [0.15, 0.2) is 78.2 Å². The van der Waals surface area contributed by atoms with Crippen LogP contribution in [0.25, 0.3) is 40.4 Å². The van der Waals surface area contributed by atoms with Gasteiger partial charge in [-0.05, 0) is 60.4 Å². The van der Waals surface area contributed by atoms with Crippen LogP contribution >= 0.6 is 0 Å². The molecule has 0 spiro atoms. The van der Waals surface area contributed by atoms with Crippen LogP contribution in [0.5, 0.6) is 0 Å². The van der Waals surface area contributed by atoms with Crippen LogP contribution in [-0.4, -0.2) is 15.6 Å². The second-order valence-electron chi connectivity index (χ2n) is 7.58. The Morgan fingerprint density at radius 3 is 2.55 bits per heavy atom. The molecule has 2 heterocycles. The first-order valence-corrected chi connectivity index (χ1v) is 10.2. The summed E-state index contributed by atoms with van der Waals surface area (Å²) in [4.78, 5) is 11.6. The van der Waals surface area contributed by atoms with Gasteiger partial charge in [0.25, 0.3) is 0 Å². The van der Waals surface area contributed by atoms with Crippen molar-refractivity contribution in [3.05, 3.63) is 102 Å². The van der Waals surface area contributed by atoms with E-state index in [1.165, 1.54) is 11.1 Å². The van der Waals surface area contributed by atoms with Gasteiger partial charge >= 0.3 is 5.97 Å². The summed E-state index contributed by atoms with van der Waals surface area (Å²) in [5.41, 5.74) is 7.61. The Kier molecular flexibility index (Phi) is 4.48. The molecule has 0 bridgehead atoms. The van der Waals surface area contributed by atoms with Gasteiger partial charge in [-0.25, -0.2) is 4.79 Å². The Bertz CT molecular complexity index is 1330. The number of benzene rings is 2. The number of aryl methyl sites for hydroxylation is 1. The molecule has 2 aromatic carbocycles. The molecule has 1 aliphatic carbocycles. The Hall–Kier alpha value is -4.05. The molecule has 1 aliphatic rings. The summed E-state index contributed by atoms with van der Waals surface area (Å²) in [6.45, 7) is 7.71. The first kappa shape index (κ1) is 18.9. The summed E-state index contributed by atoms with van der Waals surface area (Å²) in [6.07, 6.45) is 5.21. The number of aromatic nitrogens is 1. The van der Waals surface area contributed by atoms with Gasteiger partial charge in [0, 0.05) is 22.5 Å². The highest BCUT2D eigenvalue weighted by atomic mass is 16.4. The fourth-order valence-electron chi connectivity index (χ4n) is 4.40. The minimum absolute atomic E-state index is 0.250. The SMILES string of the molecule is C=Cc1cc(-c2cc3c(n2-c2cccc(C(=O)O)c2)CCc2ccccc2-3)oc1C=C. The Morgan fingerprint density at radius 2 is 1.81 bits per heavy atom. The summed E-state index contributed by atoms with van der Waals surface area (Å²) in [6, 6.07) is 19.5. The van der Waals surface area contributed by atoms with Crippen molar-refractivity contribution in [2.24, 2.45) is 0 Å². The molecule has 4 heteroatoms. The maximum atomic E-state index is 11.6. The van der Waals surface area contributed by atoms with Crippen LogP contribution in [-0.2, 0) is 12.8 Å². The number of nitrogens with zero attached hydrogens (tertiary/aromatic N) is 1. The molecular formula is C27H21NO3. The summed E-state index contributed by atoms with van der Waals surface area (Å²) in [7, 11) is 0. The molecule has 0 atom stereocenters. The average molecular weight is 407 g/mol. The van der Waals surface area contributed by atoms with E-state index >= 15 is 0 Å². The first-order valence-electron chi connectivity index (χ1n) is 10.2.